The average Bonchev–Trinajstić information content (AvgIpc) is 2.94. The first-order valence-electron chi connectivity index (χ1n) is 7.05. The molecule has 2 aromatic rings. The van der Waals surface area contributed by atoms with E-state index in [0.717, 1.165) is 10.4 Å². The van der Waals surface area contributed by atoms with Gasteiger partial charge in [-0.05, 0) is 35.4 Å². The number of amides is 3. The number of urea groups is 1. The Morgan fingerprint density at radius 2 is 1.96 bits per heavy atom. The van der Waals surface area contributed by atoms with E-state index < -0.39 is 11.9 Å². The lowest BCUT2D eigenvalue weighted by Crippen LogP contribution is -2.42. The van der Waals surface area contributed by atoms with Gasteiger partial charge in [0, 0.05) is 17.1 Å². The molecule has 2 rings (SSSR count). The number of halogens is 1. The van der Waals surface area contributed by atoms with Crippen molar-refractivity contribution in [3.8, 4) is 11.4 Å². The molecule has 0 spiro atoms. The number of carbonyl (C=O) groups excluding carboxylic acids is 2. The highest BCUT2D eigenvalue weighted by atomic mass is 35.5. The van der Waals surface area contributed by atoms with E-state index in [0.29, 0.717) is 23.3 Å². The summed E-state index contributed by atoms with van der Waals surface area (Å²) in [6.07, 6.45) is 0. The first kappa shape index (κ1) is 16.9. The summed E-state index contributed by atoms with van der Waals surface area (Å²) >= 11 is 5.81. The van der Waals surface area contributed by atoms with Crippen LogP contribution in [0.25, 0.3) is 11.4 Å². The molecular formula is C14H17ClN6O2. The molecule has 0 saturated carbocycles. The van der Waals surface area contributed by atoms with E-state index in [1.807, 2.05) is 13.8 Å². The average molecular weight is 337 g/mol. The SMILES string of the molecule is CC(C)CNC(=O)NC(=O)Cn1nnc(-c2ccc(Cl)cc2)n1. The molecule has 0 unspecified atom stereocenters. The Morgan fingerprint density at radius 3 is 2.61 bits per heavy atom. The number of carbonyl (C=O) groups is 2. The van der Waals surface area contributed by atoms with Gasteiger partial charge < -0.3 is 5.32 Å². The fourth-order valence-electron chi connectivity index (χ4n) is 1.66. The maximum absolute atomic E-state index is 11.7. The number of hydrogen-bond donors (Lipinski definition) is 2. The third-order valence-corrected chi connectivity index (χ3v) is 3.02. The van der Waals surface area contributed by atoms with Crippen molar-refractivity contribution in [3.63, 3.8) is 0 Å². The van der Waals surface area contributed by atoms with E-state index in [9.17, 15) is 9.59 Å². The van der Waals surface area contributed by atoms with Crippen molar-refractivity contribution in [1.29, 1.82) is 0 Å². The Labute approximate surface area is 138 Å². The second-order valence-corrected chi connectivity index (χ2v) is 5.74. The van der Waals surface area contributed by atoms with Crippen molar-refractivity contribution < 1.29 is 9.59 Å². The number of aromatic nitrogens is 4. The third kappa shape index (κ3) is 5.33. The van der Waals surface area contributed by atoms with Gasteiger partial charge in [0.2, 0.25) is 5.82 Å². The molecule has 23 heavy (non-hydrogen) atoms. The van der Waals surface area contributed by atoms with Crippen LogP contribution >= 0.6 is 11.6 Å². The predicted octanol–water partition coefficient (Wildman–Crippen LogP) is 1.48. The minimum absolute atomic E-state index is 0.199. The summed E-state index contributed by atoms with van der Waals surface area (Å²) in [6, 6.07) is 6.39. The summed E-state index contributed by atoms with van der Waals surface area (Å²) in [7, 11) is 0. The van der Waals surface area contributed by atoms with Crippen LogP contribution in [0.1, 0.15) is 13.8 Å². The van der Waals surface area contributed by atoms with Crippen LogP contribution < -0.4 is 10.6 Å². The number of rotatable bonds is 5. The lowest BCUT2D eigenvalue weighted by molar-refractivity contribution is -0.121. The molecular weight excluding hydrogens is 320 g/mol. The maximum atomic E-state index is 11.7. The topological polar surface area (TPSA) is 102 Å². The van der Waals surface area contributed by atoms with Gasteiger partial charge in [-0.2, -0.15) is 4.80 Å². The molecule has 122 valence electrons. The van der Waals surface area contributed by atoms with Gasteiger partial charge in [0.15, 0.2) is 0 Å². The molecule has 0 bridgehead atoms. The molecule has 0 fully saturated rings. The van der Waals surface area contributed by atoms with Crippen molar-refractivity contribution in [1.82, 2.24) is 30.8 Å². The highest BCUT2D eigenvalue weighted by Gasteiger charge is 2.12. The monoisotopic (exact) mass is 336 g/mol. The summed E-state index contributed by atoms with van der Waals surface area (Å²) in [5.41, 5.74) is 0.732. The Balaban J connectivity index is 1.90. The van der Waals surface area contributed by atoms with Crippen LogP contribution in [0.15, 0.2) is 24.3 Å². The van der Waals surface area contributed by atoms with Gasteiger partial charge >= 0.3 is 6.03 Å². The van der Waals surface area contributed by atoms with Crippen molar-refractivity contribution >= 4 is 23.5 Å². The molecule has 1 aromatic carbocycles. The fraction of sp³-hybridized carbons (Fsp3) is 0.357. The van der Waals surface area contributed by atoms with Gasteiger partial charge in [-0.1, -0.05) is 25.4 Å². The first-order valence-corrected chi connectivity index (χ1v) is 7.43. The zero-order chi connectivity index (χ0) is 16.8. The number of nitrogens with one attached hydrogen (secondary N) is 2. The molecule has 0 radical (unpaired) electrons. The Morgan fingerprint density at radius 1 is 1.26 bits per heavy atom. The summed E-state index contributed by atoms with van der Waals surface area (Å²) in [4.78, 5) is 24.3. The molecule has 3 amide bonds. The largest absolute Gasteiger partial charge is 0.338 e. The second kappa shape index (κ2) is 7.68. The van der Waals surface area contributed by atoms with Crippen LogP contribution in [0.4, 0.5) is 4.79 Å². The maximum Gasteiger partial charge on any atom is 0.321 e. The van der Waals surface area contributed by atoms with E-state index in [-0.39, 0.29) is 6.54 Å². The Hall–Kier alpha value is -2.48. The summed E-state index contributed by atoms with van der Waals surface area (Å²) in [5.74, 6) is 0.153. The zero-order valence-corrected chi connectivity index (χ0v) is 13.5. The second-order valence-electron chi connectivity index (χ2n) is 5.30. The normalized spacial score (nSPS) is 10.6. The predicted molar refractivity (Wildman–Crippen MR) is 84.6 cm³/mol. The molecule has 1 aromatic heterocycles. The van der Waals surface area contributed by atoms with Crippen molar-refractivity contribution in [2.24, 2.45) is 5.92 Å². The number of nitrogens with zero attached hydrogens (tertiary/aromatic N) is 4. The van der Waals surface area contributed by atoms with E-state index in [1.165, 1.54) is 0 Å². The molecule has 0 aliphatic rings. The van der Waals surface area contributed by atoms with E-state index in [2.05, 4.69) is 26.0 Å². The number of tetrazole rings is 1. The van der Waals surface area contributed by atoms with Crippen LogP contribution in [0.2, 0.25) is 5.02 Å². The Bertz CT molecular complexity index is 683. The van der Waals surface area contributed by atoms with Gasteiger partial charge in [0.05, 0.1) is 0 Å². The lowest BCUT2D eigenvalue weighted by Gasteiger charge is -2.07. The first-order chi connectivity index (χ1) is 10.9. The highest BCUT2D eigenvalue weighted by molar-refractivity contribution is 6.30. The summed E-state index contributed by atoms with van der Waals surface area (Å²) in [5, 5.41) is 17.1. The van der Waals surface area contributed by atoms with Crippen LogP contribution in [-0.4, -0.2) is 38.7 Å². The molecule has 1 heterocycles. The third-order valence-electron chi connectivity index (χ3n) is 2.76. The minimum atomic E-state index is -0.540. The van der Waals surface area contributed by atoms with Gasteiger partial charge in [-0.25, -0.2) is 4.79 Å². The van der Waals surface area contributed by atoms with E-state index in [1.54, 1.807) is 24.3 Å². The van der Waals surface area contributed by atoms with Crippen LogP contribution in [0.5, 0.6) is 0 Å². The molecule has 0 saturated heterocycles. The Kier molecular flexibility index (Phi) is 5.64. The number of hydrogen-bond acceptors (Lipinski definition) is 5. The molecule has 8 nitrogen and oxygen atoms in total. The van der Waals surface area contributed by atoms with Gasteiger partial charge in [0.25, 0.3) is 5.91 Å². The molecule has 0 atom stereocenters. The fourth-order valence-corrected chi connectivity index (χ4v) is 1.79. The molecule has 0 aliphatic heterocycles. The van der Waals surface area contributed by atoms with Crippen molar-refractivity contribution in [2.45, 2.75) is 20.4 Å². The van der Waals surface area contributed by atoms with Crippen molar-refractivity contribution in [2.75, 3.05) is 6.54 Å². The van der Waals surface area contributed by atoms with Gasteiger partial charge in [-0.3, -0.25) is 10.1 Å². The van der Waals surface area contributed by atoms with Crippen molar-refractivity contribution in [3.05, 3.63) is 29.3 Å². The molecule has 0 aliphatic carbocycles. The lowest BCUT2D eigenvalue weighted by atomic mass is 10.2. The van der Waals surface area contributed by atoms with Gasteiger partial charge in [-0.15, -0.1) is 10.2 Å². The quantitative estimate of drug-likeness (QED) is 0.861. The standard InChI is InChI=1S/C14H17ClN6O2/c1-9(2)7-16-14(23)17-12(22)8-21-19-13(18-20-21)10-3-5-11(15)6-4-10/h3-6,9H,7-8H2,1-2H3,(H2,16,17,22,23). The van der Waals surface area contributed by atoms with Crippen LogP contribution in [-0.2, 0) is 11.3 Å². The molecule has 9 heteroatoms. The number of benzene rings is 1. The van der Waals surface area contributed by atoms with E-state index >= 15 is 0 Å². The smallest absolute Gasteiger partial charge is 0.321 e. The summed E-state index contributed by atoms with van der Waals surface area (Å²) < 4.78 is 0. The van der Waals surface area contributed by atoms with Gasteiger partial charge in [0.1, 0.15) is 6.54 Å². The van der Waals surface area contributed by atoms with Crippen LogP contribution in [0, 0.1) is 5.92 Å². The zero-order valence-electron chi connectivity index (χ0n) is 12.8. The highest BCUT2D eigenvalue weighted by Crippen LogP contribution is 2.16. The van der Waals surface area contributed by atoms with Crippen LogP contribution in [0.3, 0.4) is 0 Å². The minimum Gasteiger partial charge on any atom is -0.338 e. The number of imide groups is 1. The summed E-state index contributed by atoms with van der Waals surface area (Å²) in [6.45, 7) is 4.20. The molecule has 2 N–H and O–H groups in total. The van der Waals surface area contributed by atoms with E-state index in [4.69, 9.17) is 11.6 Å².